The predicted octanol–water partition coefficient (Wildman–Crippen LogP) is 4.87. The summed E-state index contributed by atoms with van der Waals surface area (Å²) in [5.74, 6) is 0.397. The number of pyridine rings is 1. The van der Waals surface area contributed by atoms with E-state index in [4.69, 9.17) is 0 Å². The van der Waals surface area contributed by atoms with E-state index in [1.807, 2.05) is 19.1 Å². The number of nitrogens with zero attached hydrogens (tertiary/aromatic N) is 6. The number of H-pyrrole nitrogens is 1. The molecular weight excluding hydrogens is 500 g/mol. The number of hydrogen-bond acceptors (Lipinski definition) is 6. The van der Waals surface area contributed by atoms with Crippen LogP contribution in [0, 0.1) is 6.92 Å². The summed E-state index contributed by atoms with van der Waals surface area (Å²) in [5.41, 5.74) is 8.25. The number of carbonyl (C=O) groups excluding carboxylic acids is 1. The van der Waals surface area contributed by atoms with Gasteiger partial charge in [0, 0.05) is 36.1 Å². The Labute approximate surface area is 233 Å². The fourth-order valence-corrected chi connectivity index (χ4v) is 5.10. The zero-order valence-corrected chi connectivity index (χ0v) is 22.8. The fraction of sp³-hybridized carbons (Fsp3) is 0.355. The first-order valence-corrected chi connectivity index (χ1v) is 14.1. The number of aryl methyl sites for hydroxylation is 5. The first-order chi connectivity index (χ1) is 19.6. The van der Waals surface area contributed by atoms with Gasteiger partial charge in [-0.3, -0.25) is 14.5 Å². The molecule has 9 nitrogen and oxygen atoms in total. The summed E-state index contributed by atoms with van der Waals surface area (Å²) in [6.07, 6.45) is 10.7. The molecule has 0 saturated heterocycles. The molecule has 1 aromatic carbocycles. The van der Waals surface area contributed by atoms with Crippen LogP contribution in [0.5, 0.6) is 0 Å². The Morgan fingerprint density at radius 3 is 2.67 bits per heavy atom. The van der Waals surface area contributed by atoms with Gasteiger partial charge in [-0.2, -0.15) is 5.10 Å². The van der Waals surface area contributed by atoms with E-state index in [0.29, 0.717) is 24.7 Å². The van der Waals surface area contributed by atoms with Crippen molar-refractivity contribution < 1.29 is 4.79 Å². The lowest BCUT2D eigenvalue weighted by Crippen LogP contribution is -2.23. The fourth-order valence-electron chi connectivity index (χ4n) is 5.10. The van der Waals surface area contributed by atoms with Gasteiger partial charge in [0.25, 0.3) is 5.91 Å². The minimum atomic E-state index is -0.240. The first-order valence-electron chi connectivity index (χ1n) is 14.1. The van der Waals surface area contributed by atoms with Crippen molar-refractivity contribution in [3.63, 3.8) is 0 Å². The van der Waals surface area contributed by atoms with E-state index >= 15 is 0 Å². The number of carbonyl (C=O) groups is 1. The molecule has 9 heteroatoms. The minimum Gasteiger partial charge on any atom is -0.346 e. The second kappa shape index (κ2) is 11.8. The molecule has 1 saturated carbocycles. The first kappa shape index (κ1) is 25.9. The second-order valence-corrected chi connectivity index (χ2v) is 10.7. The van der Waals surface area contributed by atoms with Gasteiger partial charge in [-0.1, -0.05) is 41.6 Å². The summed E-state index contributed by atoms with van der Waals surface area (Å²) in [7, 11) is 0. The topological polar surface area (TPSA) is 114 Å². The summed E-state index contributed by atoms with van der Waals surface area (Å²) in [4.78, 5) is 20.3. The molecule has 0 aliphatic heterocycles. The van der Waals surface area contributed by atoms with Crippen LogP contribution in [0.3, 0.4) is 0 Å². The van der Waals surface area contributed by atoms with E-state index in [2.05, 4.69) is 72.2 Å². The van der Waals surface area contributed by atoms with E-state index in [0.717, 1.165) is 54.7 Å². The highest BCUT2D eigenvalue weighted by atomic mass is 16.2. The third-order valence-corrected chi connectivity index (χ3v) is 7.51. The lowest BCUT2D eigenvalue weighted by Gasteiger charge is -2.05. The predicted molar refractivity (Wildman–Crippen MR) is 153 cm³/mol. The highest BCUT2D eigenvalue weighted by Crippen LogP contribution is 2.43. The van der Waals surface area contributed by atoms with Crippen molar-refractivity contribution in [1.29, 1.82) is 0 Å². The zero-order valence-electron chi connectivity index (χ0n) is 22.8. The third kappa shape index (κ3) is 6.25. The van der Waals surface area contributed by atoms with Gasteiger partial charge in [0.2, 0.25) is 0 Å². The molecule has 6 rings (SSSR count). The Bertz CT molecular complexity index is 1590. The Balaban J connectivity index is 1.02. The van der Waals surface area contributed by atoms with Crippen LogP contribution in [0.15, 0.2) is 60.9 Å². The van der Waals surface area contributed by atoms with Crippen LogP contribution in [0.2, 0.25) is 0 Å². The van der Waals surface area contributed by atoms with Crippen molar-refractivity contribution in [1.82, 2.24) is 40.5 Å². The summed E-state index contributed by atoms with van der Waals surface area (Å²) in [6, 6.07) is 16.8. The molecule has 1 amide bonds. The van der Waals surface area contributed by atoms with Crippen molar-refractivity contribution in [2.75, 3.05) is 0 Å². The van der Waals surface area contributed by atoms with Gasteiger partial charge >= 0.3 is 0 Å². The molecular formula is C31H34N8O. The van der Waals surface area contributed by atoms with Gasteiger partial charge in [0.15, 0.2) is 11.3 Å². The lowest BCUT2D eigenvalue weighted by atomic mass is 10.00. The largest absolute Gasteiger partial charge is 0.346 e. The van der Waals surface area contributed by atoms with E-state index in [1.165, 1.54) is 35.0 Å². The molecule has 0 radical (unpaired) electrons. The standard InChI is InChI=1S/C31H34N8O/c1-21-10-11-23(18-32-21)19-33-31(40)28-20-39(38-36-28)16-6-5-9-25-17-27-26(15-12-22-7-3-2-4-8-22)29(24-13-14-24)34-30(27)37-35-25/h2-4,7-8,10-11,17-18,20,24H,5-6,9,12-16,19H2,1H3,(H,33,40)(H,34,37). The molecule has 40 heavy (non-hydrogen) atoms. The number of rotatable bonds is 12. The highest BCUT2D eigenvalue weighted by Gasteiger charge is 2.29. The number of benzene rings is 1. The SMILES string of the molecule is Cc1ccc(CNC(=O)c2cn(CCCCc3cc4c(CCc5ccccc5)c(C5CC5)[nH]c4nn3)nn2)cn1. The van der Waals surface area contributed by atoms with Gasteiger partial charge in [-0.15, -0.1) is 10.2 Å². The molecule has 0 spiro atoms. The second-order valence-electron chi connectivity index (χ2n) is 10.7. The Hall–Kier alpha value is -4.40. The number of amides is 1. The monoisotopic (exact) mass is 534 g/mol. The van der Waals surface area contributed by atoms with E-state index < -0.39 is 0 Å². The van der Waals surface area contributed by atoms with Crippen molar-refractivity contribution in [3.05, 3.63) is 100 Å². The Morgan fingerprint density at radius 1 is 1.00 bits per heavy atom. The molecule has 1 aliphatic rings. The van der Waals surface area contributed by atoms with Crippen molar-refractivity contribution in [2.45, 2.75) is 70.9 Å². The molecule has 2 N–H and O–H groups in total. The van der Waals surface area contributed by atoms with Gasteiger partial charge in [0.05, 0.1) is 11.9 Å². The summed E-state index contributed by atoms with van der Waals surface area (Å²) >= 11 is 0. The molecule has 204 valence electrons. The molecule has 0 unspecified atom stereocenters. The maximum atomic E-state index is 12.5. The lowest BCUT2D eigenvalue weighted by molar-refractivity contribution is 0.0945. The molecule has 4 aromatic heterocycles. The van der Waals surface area contributed by atoms with E-state index in [1.54, 1.807) is 17.1 Å². The molecule has 0 bridgehead atoms. The summed E-state index contributed by atoms with van der Waals surface area (Å²) in [5, 5.41) is 21.3. The van der Waals surface area contributed by atoms with Gasteiger partial charge in [-0.05, 0) is 86.6 Å². The molecule has 1 aliphatic carbocycles. The zero-order chi connectivity index (χ0) is 27.3. The van der Waals surface area contributed by atoms with E-state index in [9.17, 15) is 4.79 Å². The van der Waals surface area contributed by atoms with Crippen LogP contribution >= 0.6 is 0 Å². The average molecular weight is 535 g/mol. The Morgan fingerprint density at radius 2 is 1.88 bits per heavy atom. The average Bonchev–Trinajstić information content (AvgIpc) is 3.61. The third-order valence-electron chi connectivity index (χ3n) is 7.51. The summed E-state index contributed by atoms with van der Waals surface area (Å²) < 4.78 is 1.73. The van der Waals surface area contributed by atoms with Gasteiger partial charge < -0.3 is 10.3 Å². The van der Waals surface area contributed by atoms with Gasteiger partial charge in [-0.25, -0.2) is 0 Å². The summed E-state index contributed by atoms with van der Waals surface area (Å²) in [6.45, 7) is 3.03. The van der Waals surface area contributed by atoms with Crippen LogP contribution in [-0.2, 0) is 32.4 Å². The number of hydrogen-bond donors (Lipinski definition) is 2. The van der Waals surface area contributed by atoms with Crippen molar-refractivity contribution >= 4 is 16.9 Å². The Kier molecular flexibility index (Phi) is 7.61. The minimum absolute atomic E-state index is 0.240. The van der Waals surface area contributed by atoms with Crippen molar-refractivity contribution in [3.8, 4) is 0 Å². The highest BCUT2D eigenvalue weighted by molar-refractivity contribution is 5.91. The molecule has 1 fully saturated rings. The number of fused-ring (bicyclic) bond motifs is 1. The van der Waals surface area contributed by atoms with Crippen LogP contribution in [0.1, 0.15) is 75.9 Å². The van der Waals surface area contributed by atoms with Crippen LogP contribution in [0.25, 0.3) is 11.0 Å². The number of nitrogens with one attached hydrogen (secondary N) is 2. The van der Waals surface area contributed by atoms with Gasteiger partial charge in [0.1, 0.15) is 0 Å². The smallest absolute Gasteiger partial charge is 0.273 e. The van der Waals surface area contributed by atoms with E-state index in [-0.39, 0.29) is 5.91 Å². The maximum Gasteiger partial charge on any atom is 0.273 e. The maximum absolute atomic E-state index is 12.5. The number of aromatic amines is 1. The van der Waals surface area contributed by atoms with Crippen LogP contribution < -0.4 is 5.32 Å². The van der Waals surface area contributed by atoms with Crippen molar-refractivity contribution in [2.24, 2.45) is 0 Å². The van der Waals surface area contributed by atoms with Crippen LogP contribution in [0.4, 0.5) is 0 Å². The molecule has 4 heterocycles. The normalized spacial score (nSPS) is 13.1. The number of unbranched alkanes of at least 4 members (excludes halogenated alkanes) is 1. The van der Waals surface area contributed by atoms with Crippen LogP contribution in [-0.4, -0.2) is 41.1 Å². The molecule has 5 aromatic rings. The molecule has 0 atom stereocenters. The number of aromatic nitrogens is 7. The quantitative estimate of drug-likeness (QED) is 0.221.